The van der Waals surface area contributed by atoms with Gasteiger partial charge in [-0.3, -0.25) is 8.42 Å². The minimum absolute atomic E-state index is 0.234. The van der Waals surface area contributed by atoms with Crippen molar-refractivity contribution in [2.75, 3.05) is 18.3 Å². The lowest BCUT2D eigenvalue weighted by atomic mass is 10.2. The number of halogens is 3. The normalized spacial score (nSPS) is 14.6. The van der Waals surface area contributed by atoms with E-state index in [0.717, 1.165) is 6.42 Å². The summed E-state index contributed by atoms with van der Waals surface area (Å²) in [6, 6.07) is 0. The summed E-state index contributed by atoms with van der Waals surface area (Å²) in [6.45, 7) is 1.88. The van der Waals surface area contributed by atoms with Crippen molar-refractivity contribution in [1.29, 1.82) is 0 Å². The van der Waals surface area contributed by atoms with Crippen LogP contribution in [0.4, 0.5) is 13.2 Å². The van der Waals surface area contributed by atoms with Crippen molar-refractivity contribution in [3.05, 3.63) is 0 Å². The first-order chi connectivity index (χ1) is 7.91. The Hall–Kier alpha value is -0.280. The van der Waals surface area contributed by atoms with Crippen LogP contribution in [-0.2, 0) is 14.9 Å². The highest BCUT2D eigenvalue weighted by molar-refractivity contribution is 8.31. The average Bonchev–Trinajstić information content (AvgIpc) is 2.09. The molecule has 0 aromatic carbocycles. The molecule has 0 aliphatic heterocycles. The number of Topliss-reactive ketones (excluding diaryl/α,β-unsaturated/α-hetero) is 1. The van der Waals surface area contributed by atoms with Crippen LogP contribution in [0.2, 0.25) is 0 Å². The fourth-order valence-electron chi connectivity index (χ4n) is 1.17. The second-order valence-corrected chi connectivity index (χ2v) is 9.52. The molecular weight excluding hydrogens is 293 g/mol. The molecule has 9 heteroatoms. The van der Waals surface area contributed by atoms with Gasteiger partial charge in [0, 0.05) is 18.9 Å². The van der Waals surface area contributed by atoms with Gasteiger partial charge in [0.1, 0.15) is 5.78 Å². The molecule has 0 amide bonds. The molecule has 0 aliphatic rings. The van der Waals surface area contributed by atoms with Crippen LogP contribution >= 0.6 is 10.3 Å². The lowest BCUT2D eigenvalue weighted by Gasteiger charge is -2.24. The lowest BCUT2D eigenvalue weighted by molar-refractivity contribution is -0.116. The molecule has 0 fully saturated rings. The van der Waals surface area contributed by atoms with Crippen LogP contribution in [0.1, 0.15) is 26.2 Å². The molecule has 4 nitrogen and oxygen atoms in total. The molecule has 0 rings (SSSR count). The zero-order chi connectivity index (χ0) is 14.6. The Morgan fingerprint density at radius 2 is 1.72 bits per heavy atom. The zero-order valence-corrected chi connectivity index (χ0v) is 12.1. The summed E-state index contributed by atoms with van der Waals surface area (Å²) in [7, 11) is -8.00. The molecule has 0 aromatic heterocycles. The highest BCUT2D eigenvalue weighted by Gasteiger charge is 2.55. The molecule has 0 heterocycles. The summed E-state index contributed by atoms with van der Waals surface area (Å²) in [4.78, 5) is 11.4. The van der Waals surface area contributed by atoms with Gasteiger partial charge in [-0.1, -0.05) is 13.3 Å². The predicted octanol–water partition coefficient (Wildman–Crippen LogP) is 2.67. The molecule has 0 aromatic rings. The second kappa shape index (κ2) is 6.25. The fourth-order valence-corrected chi connectivity index (χ4v) is 4.78. The number of rotatable bonds is 7. The van der Waals surface area contributed by atoms with Crippen molar-refractivity contribution < 1.29 is 30.0 Å². The summed E-state index contributed by atoms with van der Waals surface area (Å²) in [5.41, 5.74) is -5.40. The SMILES string of the molecule is CCCCC(=O)CS(C)(C)[OH+]S(=O)(=O)C(F)(F)F. The maximum absolute atomic E-state index is 12.2. The number of unbranched alkanes of at least 4 members (excludes halogenated alkanes) is 1. The van der Waals surface area contributed by atoms with Gasteiger partial charge < -0.3 is 0 Å². The number of carbonyl (C=O) groups excluding carboxylic acids is 1. The van der Waals surface area contributed by atoms with E-state index in [1.807, 2.05) is 6.92 Å². The van der Waals surface area contributed by atoms with Gasteiger partial charge in [0.2, 0.25) is 0 Å². The van der Waals surface area contributed by atoms with Crippen LogP contribution in [0.3, 0.4) is 0 Å². The van der Waals surface area contributed by atoms with Gasteiger partial charge in [0.15, 0.2) is 0 Å². The van der Waals surface area contributed by atoms with E-state index in [2.05, 4.69) is 3.63 Å². The van der Waals surface area contributed by atoms with Gasteiger partial charge >= 0.3 is 15.6 Å². The van der Waals surface area contributed by atoms with Gasteiger partial charge in [0.05, 0.1) is 5.75 Å². The van der Waals surface area contributed by atoms with Gasteiger partial charge in [-0.25, -0.2) is 0 Å². The summed E-state index contributed by atoms with van der Waals surface area (Å²) in [5.74, 6) is -0.486. The van der Waals surface area contributed by atoms with Gasteiger partial charge in [-0.15, -0.1) is 8.42 Å². The Labute approximate surface area is 107 Å². The van der Waals surface area contributed by atoms with Gasteiger partial charge in [-0.05, 0) is 16.7 Å². The third-order valence-electron chi connectivity index (χ3n) is 1.92. The van der Waals surface area contributed by atoms with Crippen LogP contribution in [0.25, 0.3) is 0 Å². The number of carbonyl (C=O) groups is 1. The molecule has 1 N–H and O–H groups in total. The maximum Gasteiger partial charge on any atom is 0.572 e. The van der Waals surface area contributed by atoms with Gasteiger partial charge in [0.25, 0.3) is 0 Å². The Bertz CT molecular complexity index is 387. The third-order valence-corrected chi connectivity index (χ3v) is 5.93. The minimum atomic E-state index is -5.51. The van der Waals surface area contributed by atoms with E-state index in [-0.39, 0.29) is 18.0 Å². The molecule has 0 radical (unpaired) electrons. The van der Waals surface area contributed by atoms with Crippen molar-refractivity contribution in [3.8, 4) is 0 Å². The van der Waals surface area contributed by atoms with Crippen LogP contribution in [0.5, 0.6) is 0 Å². The molecule has 110 valence electrons. The molecule has 18 heavy (non-hydrogen) atoms. The van der Waals surface area contributed by atoms with Crippen molar-refractivity contribution in [2.45, 2.75) is 31.7 Å². The van der Waals surface area contributed by atoms with E-state index in [4.69, 9.17) is 0 Å². The quantitative estimate of drug-likeness (QED) is 0.412. The molecule has 0 aliphatic carbocycles. The Morgan fingerprint density at radius 1 is 1.22 bits per heavy atom. The summed E-state index contributed by atoms with van der Waals surface area (Å²) >= 11 is 0. The average molecular weight is 311 g/mol. The van der Waals surface area contributed by atoms with E-state index < -0.39 is 25.9 Å². The zero-order valence-electron chi connectivity index (χ0n) is 10.5. The molecule has 0 saturated carbocycles. The summed E-state index contributed by atoms with van der Waals surface area (Å²) in [6.07, 6.45) is 4.23. The van der Waals surface area contributed by atoms with Crippen molar-refractivity contribution in [2.24, 2.45) is 0 Å². The molecule has 0 unspecified atom stereocenters. The van der Waals surface area contributed by atoms with Crippen molar-refractivity contribution in [3.63, 3.8) is 0 Å². The first-order valence-electron chi connectivity index (χ1n) is 5.19. The van der Waals surface area contributed by atoms with Crippen molar-refractivity contribution in [1.82, 2.24) is 0 Å². The van der Waals surface area contributed by atoms with E-state index in [1.54, 1.807) is 0 Å². The molecule has 0 spiro atoms. The highest BCUT2D eigenvalue weighted by atomic mass is 32.3. The number of hydrogen-bond donors (Lipinski definition) is 0. The standard InChI is InChI=1S/C9H17F3O4S2/c1-4-5-6-8(13)7-17(2,3)16-18(14,15)9(10,11)12/h4-7H2,1-3H3/p+1. The van der Waals surface area contributed by atoms with Crippen LogP contribution in [0, 0.1) is 0 Å². The second-order valence-electron chi connectivity index (χ2n) is 4.26. The summed E-state index contributed by atoms with van der Waals surface area (Å²) in [5, 5.41) is 0. The number of alkyl halides is 3. The minimum Gasteiger partial charge on any atom is -0.299 e. The predicted molar refractivity (Wildman–Crippen MR) is 66.4 cm³/mol. The monoisotopic (exact) mass is 311 g/mol. The van der Waals surface area contributed by atoms with E-state index in [9.17, 15) is 26.4 Å². The van der Waals surface area contributed by atoms with Crippen molar-refractivity contribution >= 4 is 26.2 Å². The fraction of sp³-hybridized carbons (Fsp3) is 0.889. The third kappa shape index (κ3) is 6.05. The first kappa shape index (κ1) is 17.7. The molecule has 0 saturated heterocycles. The summed E-state index contributed by atoms with van der Waals surface area (Å²) < 4.78 is 61.1. The first-order valence-corrected chi connectivity index (χ1v) is 9.21. The molecule has 0 atom stereocenters. The molecular formula is C9H18F3O4S2+. The molecule has 0 bridgehead atoms. The van der Waals surface area contributed by atoms with E-state index >= 15 is 0 Å². The lowest BCUT2D eigenvalue weighted by Crippen LogP contribution is -2.31. The number of ketones is 1. The maximum atomic E-state index is 12.2. The largest absolute Gasteiger partial charge is 0.572 e. The van der Waals surface area contributed by atoms with Crippen LogP contribution < -0.4 is 0 Å². The number of hydrogen-bond acceptors (Lipinski definition) is 3. The van der Waals surface area contributed by atoms with Crippen LogP contribution in [0.15, 0.2) is 0 Å². The van der Waals surface area contributed by atoms with Gasteiger partial charge in [-0.2, -0.15) is 13.2 Å². The van der Waals surface area contributed by atoms with E-state index in [0.29, 0.717) is 6.42 Å². The highest BCUT2D eigenvalue weighted by Crippen LogP contribution is 2.43. The topological polar surface area (TPSA) is 64.0 Å². The Balaban J connectivity index is 4.63. The smallest absolute Gasteiger partial charge is 0.299 e. The van der Waals surface area contributed by atoms with E-state index in [1.165, 1.54) is 12.5 Å². The Morgan fingerprint density at radius 3 is 2.11 bits per heavy atom. The Kier molecular flexibility index (Phi) is 6.15. The van der Waals surface area contributed by atoms with Crippen LogP contribution in [-0.4, -0.2) is 41.6 Å².